The Kier molecular flexibility index (Phi) is 5.20. The molecule has 1 aromatic heterocycles. The zero-order valence-corrected chi connectivity index (χ0v) is 17.3. The van der Waals surface area contributed by atoms with Crippen LogP contribution >= 0.6 is 0 Å². The smallest absolute Gasteiger partial charge is 0.260 e. The molecule has 8 nitrogen and oxygen atoms in total. The lowest BCUT2D eigenvalue weighted by Gasteiger charge is -2.33. The first-order valence-electron chi connectivity index (χ1n) is 10.7. The van der Waals surface area contributed by atoms with E-state index in [4.69, 9.17) is 14.0 Å². The van der Waals surface area contributed by atoms with E-state index in [9.17, 15) is 4.79 Å². The molecule has 0 bridgehead atoms. The van der Waals surface area contributed by atoms with Crippen molar-refractivity contribution >= 4 is 5.91 Å². The van der Waals surface area contributed by atoms with Gasteiger partial charge in [-0.25, -0.2) is 0 Å². The molecule has 1 aromatic carbocycles. The number of aromatic nitrogens is 2. The van der Waals surface area contributed by atoms with Gasteiger partial charge >= 0.3 is 0 Å². The van der Waals surface area contributed by atoms with Crippen molar-refractivity contribution in [1.82, 2.24) is 19.9 Å². The van der Waals surface area contributed by atoms with E-state index >= 15 is 0 Å². The van der Waals surface area contributed by atoms with Crippen LogP contribution < -0.4 is 4.74 Å². The number of carbonyl (C=O) groups excluding carboxylic acids is 1. The Hall–Kier alpha value is -2.45. The van der Waals surface area contributed by atoms with Crippen molar-refractivity contribution in [1.29, 1.82) is 0 Å². The summed E-state index contributed by atoms with van der Waals surface area (Å²) in [6.07, 6.45) is 2.11. The maximum Gasteiger partial charge on any atom is 0.260 e. The SMILES string of the molecule is Cc1noc([C@]23CN(C(=O)COc4ccccc4)C[C@H]2CN(C2CCOCC2)C3)n1. The van der Waals surface area contributed by atoms with Crippen LogP contribution in [0.15, 0.2) is 34.9 Å². The molecule has 0 aliphatic carbocycles. The number of rotatable bonds is 5. The standard InChI is InChI=1S/C22H28N4O4/c1-16-23-21(30-24-16)22-14-25(18-7-9-28-10-8-18)11-17(22)12-26(15-22)20(27)13-29-19-5-3-2-4-6-19/h2-6,17-18H,7-15H2,1H3/t17-,22-/m1/s1. The number of fused-ring (bicyclic) bond motifs is 1. The number of aryl methyl sites for hydroxylation is 1. The summed E-state index contributed by atoms with van der Waals surface area (Å²) in [6.45, 7) is 6.59. The number of nitrogens with zero attached hydrogens (tertiary/aromatic N) is 4. The molecule has 0 spiro atoms. The van der Waals surface area contributed by atoms with E-state index in [2.05, 4.69) is 15.0 Å². The average Bonchev–Trinajstić information content (AvgIpc) is 3.46. The van der Waals surface area contributed by atoms with Crippen LogP contribution in [0.25, 0.3) is 0 Å². The molecule has 0 saturated carbocycles. The normalized spacial score (nSPS) is 27.4. The van der Waals surface area contributed by atoms with Gasteiger partial charge in [-0.3, -0.25) is 9.69 Å². The van der Waals surface area contributed by atoms with Crippen LogP contribution in [0.5, 0.6) is 5.75 Å². The molecule has 3 aliphatic rings. The van der Waals surface area contributed by atoms with Crippen LogP contribution in [0.2, 0.25) is 0 Å². The Labute approximate surface area is 176 Å². The van der Waals surface area contributed by atoms with Crippen LogP contribution in [0.3, 0.4) is 0 Å². The minimum absolute atomic E-state index is 0.00137. The molecule has 0 N–H and O–H groups in total. The Morgan fingerprint density at radius 3 is 2.73 bits per heavy atom. The van der Waals surface area contributed by atoms with Gasteiger partial charge in [0.1, 0.15) is 5.75 Å². The first kappa shape index (κ1) is 19.5. The Balaban J connectivity index is 1.31. The van der Waals surface area contributed by atoms with E-state index in [0.29, 0.717) is 36.6 Å². The third kappa shape index (κ3) is 3.58. The predicted molar refractivity (Wildman–Crippen MR) is 108 cm³/mol. The minimum atomic E-state index is -0.304. The zero-order chi connectivity index (χ0) is 20.6. The monoisotopic (exact) mass is 412 g/mol. The van der Waals surface area contributed by atoms with E-state index in [1.807, 2.05) is 42.2 Å². The van der Waals surface area contributed by atoms with Crippen LogP contribution in [-0.2, 0) is 14.9 Å². The highest BCUT2D eigenvalue weighted by molar-refractivity contribution is 5.78. The highest BCUT2D eigenvalue weighted by Gasteiger charge is 2.58. The molecule has 30 heavy (non-hydrogen) atoms. The zero-order valence-electron chi connectivity index (χ0n) is 17.3. The van der Waals surface area contributed by atoms with Gasteiger partial charge in [0, 0.05) is 51.4 Å². The lowest BCUT2D eigenvalue weighted by Crippen LogP contribution is -2.44. The van der Waals surface area contributed by atoms with Crippen molar-refractivity contribution in [2.24, 2.45) is 5.92 Å². The summed E-state index contributed by atoms with van der Waals surface area (Å²) >= 11 is 0. The van der Waals surface area contributed by atoms with Gasteiger partial charge in [0.15, 0.2) is 12.4 Å². The summed E-state index contributed by atoms with van der Waals surface area (Å²) < 4.78 is 16.9. The van der Waals surface area contributed by atoms with E-state index in [1.54, 1.807) is 0 Å². The van der Waals surface area contributed by atoms with Gasteiger partial charge < -0.3 is 18.9 Å². The maximum atomic E-state index is 12.9. The molecule has 0 radical (unpaired) electrons. The highest BCUT2D eigenvalue weighted by Crippen LogP contribution is 2.45. The van der Waals surface area contributed by atoms with Crippen LogP contribution in [-0.4, -0.2) is 77.9 Å². The lowest BCUT2D eigenvalue weighted by molar-refractivity contribution is -0.132. The van der Waals surface area contributed by atoms with Crippen molar-refractivity contribution in [2.45, 2.75) is 31.2 Å². The summed E-state index contributed by atoms with van der Waals surface area (Å²) in [5, 5.41) is 4.05. The van der Waals surface area contributed by atoms with E-state index < -0.39 is 0 Å². The molecule has 2 aromatic rings. The molecular weight excluding hydrogens is 384 g/mol. The Morgan fingerprint density at radius 1 is 1.20 bits per heavy atom. The second-order valence-electron chi connectivity index (χ2n) is 8.65. The maximum absolute atomic E-state index is 12.9. The first-order valence-corrected chi connectivity index (χ1v) is 10.7. The number of hydrogen-bond acceptors (Lipinski definition) is 7. The third-order valence-electron chi connectivity index (χ3n) is 6.75. The number of ether oxygens (including phenoxy) is 2. The van der Waals surface area contributed by atoms with Gasteiger partial charge in [-0.05, 0) is 31.9 Å². The topological polar surface area (TPSA) is 80.9 Å². The fourth-order valence-corrected chi connectivity index (χ4v) is 5.18. The molecule has 2 atom stereocenters. The molecule has 8 heteroatoms. The fraction of sp³-hybridized carbons (Fsp3) is 0.591. The summed E-state index contributed by atoms with van der Waals surface area (Å²) in [4.78, 5) is 22.0. The van der Waals surface area contributed by atoms with Gasteiger partial charge in [-0.2, -0.15) is 4.98 Å². The van der Waals surface area contributed by atoms with E-state index in [0.717, 1.165) is 39.1 Å². The molecule has 3 fully saturated rings. The van der Waals surface area contributed by atoms with Crippen molar-refractivity contribution < 1.29 is 18.8 Å². The second kappa shape index (κ2) is 8.00. The molecule has 0 unspecified atom stereocenters. The largest absolute Gasteiger partial charge is 0.484 e. The lowest BCUT2D eigenvalue weighted by atomic mass is 9.81. The van der Waals surface area contributed by atoms with Gasteiger partial charge in [0.25, 0.3) is 5.91 Å². The van der Waals surface area contributed by atoms with E-state index in [1.165, 1.54) is 0 Å². The van der Waals surface area contributed by atoms with Gasteiger partial charge in [0.2, 0.25) is 5.89 Å². The predicted octanol–water partition coefficient (Wildman–Crippen LogP) is 1.65. The van der Waals surface area contributed by atoms with E-state index in [-0.39, 0.29) is 23.8 Å². The summed E-state index contributed by atoms with van der Waals surface area (Å²) in [6, 6.07) is 9.98. The second-order valence-corrected chi connectivity index (χ2v) is 8.65. The van der Waals surface area contributed by atoms with Crippen LogP contribution in [0, 0.1) is 12.8 Å². The molecule has 160 valence electrons. The molecule has 3 aliphatic heterocycles. The van der Waals surface area contributed by atoms with Crippen LogP contribution in [0.4, 0.5) is 0 Å². The van der Waals surface area contributed by atoms with Crippen molar-refractivity contribution in [3.8, 4) is 5.75 Å². The number of benzene rings is 1. The first-order chi connectivity index (χ1) is 14.6. The number of amides is 1. The number of hydrogen-bond donors (Lipinski definition) is 0. The highest BCUT2D eigenvalue weighted by atomic mass is 16.5. The van der Waals surface area contributed by atoms with Crippen molar-refractivity contribution in [3.63, 3.8) is 0 Å². The summed E-state index contributed by atoms with van der Waals surface area (Å²) in [5.74, 6) is 2.29. The third-order valence-corrected chi connectivity index (χ3v) is 6.75. The van der Waals surface area contributed by atoms with Gasteiger partial charge in [-0.1, -0.05) is 23.4 Å². The number of carbonyl (C=O) groups is 1. The van der Waals surface area contributed by atoms with Gasteiger partial charge in [0.05, 0.1) is 5.41 Å². The number of para-hydroxylation sites is 1. The average molecular weight is 412 g/mol. The van der Waals surface area contributed by atoms with Gasteiger partial charge in [-0.15, -0.1) is 0 Å². The molecular formula is C22H28N4O4. The Morgan fingerprint density at radius 2 is 2.00 bits per heavy atom. The van der Waals surface area contributed by atoms with Crippen molar-refractivity contribution in [3.05, 3.63) is 42.0 Å². The fourth-order valence-electron chi connectivity index (χ4n) is 5.18. The summed E-state index contributed by atoms with van der Waals surface area (Å²) in [7, 11) is 0. The van der Waals surface area contributed by atoms with Crippen LogP contribution in [0.1, 0.15) is 24.6 Å². The molecule has 3 saturated heterocycles. The van der Waals surface area contributed by atoms with Crippen molar-refractivity contribution in [2.75, 3.05) is 46.0 Å². The Bertz CT molecular complexity index is 882. The molecule has 5 rings (SSSR count). The number of likely N-dealkylation sites (tertiary alicyclic amines) is 2. The minimum Gasteiger partial charge on any atom is -0.484 e. The quantitative estimate of drug-likeness (QED) is 0.739. The molecule has 4 heterocycles. The molecule has 1 amide bonds. The summed E-state index contributed by atoms with van der Waals surface area (Å²) in [5.41, 5.74) is -0.304.